The van der Waals surface area contributed by atoms with Gasteiger partial charge in [0, 0.05) is 33.4 Å². The minimum Gasteiger partial charge on any atom is -0.420 e. The van der Waals surface area contributed by atoms with Crippen LogP contribution in [0.1, 0.15) is 66.4 Å². The van der Waals surface area contributed by atoms with Crippen molar-refractivity contribution in [3.63, 3.8) is 0 Å². The average Bonchev–Trinajstić information content (AvgIpc) is 3.39. The van der Waals surface area contributed by atoms with Gasteiger partial charge in [-0.3, -0.25) is 4.79 Å². The van der Waals surface area contributed by atoms with Crippen molar-refractivity contribution < 1.29 is 13.9 Å². The first-order valence-corrected chi connectivity index (χ1v) is 9.53. The SMILES string of the molecule is CN(C)c1ccc(C(=O)N2CCCC[C@@H]2c2nnc([C@H]3CCCO3)o2)cn1. The number of hydrogen-bond acceptors (Lipinski definition) is 7. The van der Waals surface area contributed by atoms with Gasteiger partial charge in [0.15, 0.2) is 0 Å². The summed E-state index contributed by atoms with van der Waals surface area (Å²) >= 11 is 0. The van der Waals surface area contributed by atoms with E-state index in [2.05, 4.69) is 15.2 Å². The lowest BCUT2D eigenvalue weighted by atomic mass is 10.0. The first-order chi connectivity index (χ1) is 13.1. The highest BCUT2D eigenvalue weighted by Gasteiger charge is 2.34. The highest BCUT2D eigenvalue weighted by atomic mass is 16.5. The molecule has 1 amide bonds. The fourth-order valence-corrected chi connectivity index (χ4v) is 3.66. The molecule has 8 nitrogen and oxygen atoms in total. The van der Waals surface area contributed by atoms with E-state index in [1.165, 1.54) is 0 Å². The Kier molecular flexibility index (Phi) is 5.07. The number of carbonyl (C=O) groups excluding carboxylic acids is 1. The molecule has 2 atom stereocenters. The van der Waals surface area contributed by atoms with Crippen LogP contribution >= 0.6 is 0 Å². The van der Waals surface area contributed by atoms with Crippen molar-refractivity contribution >= 4 is 11.7 Å². The van der Waals surface area contributed by atoms with Gasteiger partial charge in [-0.1, -0.05) is 0 Å². The lowest BCUT2D eigenvalue weighted by Crippen LogP contribution is -2.38. The molecule has 0 aromatic carbocycles. The third kappa shape index (κ3) is 3.66. The van der Waals surface area contributed by atoms with Gasteiger partial charge in [-0.2, -0.15) is 0 Å². The lowest BCUT2D eigenvalue weighted by molar-refractivity contribution is 0.0549. The number of hydrogen-bond donors (Lipinski definition) is 0. The number of aromatic nitrogens is 3. The summed E-state index contributed by atoms with van der Waals surface area (Å²) in [5, 5.41) is 8.41. The first kappa shape index (κ1) is 17.9. The largest absolute Gasteiger partial charge is 0.420 e. The molecule has 0 saturated carbocycles. The van der Waals surface area contributed by atoms with Crippen LogP contribution in [0.15, 0.2) is 22.7 Å². The maximum Gasteiger partial charge on any atom is 0.256 e. The monoisotopic (exact) mass is 371 g/mol. The number of pyridine rings is 1. The second kappa shape index (κ2) is 7.64. The van der Waals surface area contributed by atoms with Crippen LogP contribution in [0.4, 0.5) is 5.82 Å². The second-order valence-electron chi connectivity index (χ2n) is 7.29. The third-order valence-electron chi connectivity index (χ3n) is 5.16. The Bertz CT molecular complexity index is 783. The fraction of sp³-hybridized carbons (Fsp3) is 0.579. The maximum absolute atomic E-state index is 13.1. The third-order valence-corrected chi connectivity index (χ3v) is 5.16. The first-order valence-electron chi connectivity index (χ1n) is 9.53. The number of piperidine rings is 1. The summed E-state index contributed by atoms with van der Waals surface area (Å²) in [6, 6.07) is 3.48. The summed E-state index contributed by atoms with van der Waals surface area (Å²) in [7, 11) is 3.84. The van der Waals surface area contributed by atoms with Crippen molar-refractivity contribution in [3.8, 4) is 0 Å². The molecule has 0 aliphatic carbocycles. The van der Waals surface area contributed by atoms with Crippen LogP contribution in [-0.4, -0.2) is 53.2 Å². The molecule has 2 aliphatic heterocycles. The number of ether oxygens (including phenoxy) is 1. The number of nitrogens with zero attached hydrogens (tertiary/aromatic N) is 5. The van der Waals surface area contributed by atoms with Crippen molar-refractivity contribution in [1.82, 2.24) is 20.1 Å². The number of carbonyl (C=O) groups is 1. The number of amides is 1. The van der Waals surface area contributed by atoms with Gasteiger partial charge >= 0.3 is 0 Å². The molecular weight excluding hydrogens is 346 g/mol. The molecule has 4 heterocycles. The quantitative estimate of drug-likeness (QED) is 0.817. The molecule has 2 saturated heterocycles. The number of likely N-dealkylation sites (tertiary alicyclic amines) is 1. The summed E-state index contributed by atoms with van der Waals surface area (Å²) in [5.41, 5.74) is 0.575. The van der Waals surface area contributed by atoms with Gasteiger partial charge in [-0.05, 0) is 44.2 Å². The summed E-state index contributed by atoms with van der Waals surface area (Å²) in [4.78, 5) is 21.2. The Hall–Kier alpha value is -2.48. The van der Waals surface area contributed by atoms with Gasteiger partial charge in [-0.25, -0.2) is 4.98 Å². The molecule has 2 aromatic heterocycles. The van der Waals surface area contributed by atoms with E-state index in [0.29, 0.717) is 23.9 Å². The zero-order valence-corrected chi connectivity index (χ0v) is 15.8. The Morgan fingerprint density at radius 2 is 2.00 bits per heavy atom. The van der Waals surface area contributed by atoms with Crippen molar-refractivity contribution in [1.29, 1.82) is 0 Å². The molecule has 0 spiro atoms. The molecule has 0 bridgehead atoms. The molecule has 2 aromatic rings. The van der Waals surface area contributed by atoms with Crippen LogP contribution in [0.25, 0.3) is 0 Å². The minimum atomic E-state index is -0.192. The maximum atomic E-state index is 13.1. The lowest BCUT2D eigenvalue weighted by Gasteiger charge is -2.33. The van der Waals surface area contributed by atoms with Gasteiger partial charge in [0.05, 0.1) is 5.56 Å². The molecule has 0 N–H and O–H groups in total. The van der Waals surface area contributed by atoms with Crippen LogP contribution in [-0.2, 0) is 4.74 Å². The molecule has 4 rings (SSSR count). The van der Waals surface area contributed by atoms with E-state index in [0.717, 1.165) is 44.5 Å². The molecule has 2 fully saturated rings. The summed E-state index contributed by atoms with van der Waals surface area (Å²) < 4.78 is 11.5. The van der Waals surface area contributed by atoms with Crippen LogP contribution in [0.3, 0.4) is 0 Å². The van der Waals surface area contributed by atoms with Gasteiger partial charge in [0.25, 0.3) is 5.91 Å². The molecule has 144 valence electrons. The van der Waals surface area contributed by atoms with Gasteiger partial charge < -0.3 is 19.0 Å². The van der Waals surface area contributed by atoms with Crippen LogP contribution in [0.5, 0.6) is 0 Å². The predicted octanol–water partition coefficient (Wildman–Crippen LogP) is 2.75. The van der Waals surface area contributed by atoms with E-state index in [1.54, 1.807) is 6.20 Å². The molecule has 0 unspecified atom stereocenters. The van der Waals surface area contributed by atoms with E-state index < -0.39 is 0 Å². The highest BCUT2D eigenvalue weighted by molar-refractivity contribution is 5.94. The normalized spacial score (nSPS) is 22.8. The van der Waals surface area contributed by atoms with Crippen LogP contribution < -0.4 is 4.90 Å². The molecule has 27 heavy (non-hydrogen) atoms. The van der Waals surface area contributed by atoms with Crippen molar-refractivity contribution in [2.45, 2.75) is 44.2 Å². The summed E-state index contributed by atoms with van der Waals surface area (Å²) in [6.07, 6.45) is 6.26. The Morgan fingerprint density at radius 3 is 2.70 bits per heavy atom. The van der Waals surface area contributed by atoms with E-state index in [4.69, 9.17) is 9.15 Å². The minimum absolute atomic E-state index is 0.0469. The molecule has 8 heteroatoms. The Labute approximate surface area is 158 Å². The van der Waals surface area contributed by atoms with Crippen molar-refractivity contribution in [2.75, 3.05) is 32.1 Å². The molecule has 2 aliphatic rings. The zero-order chi connectivity index (χ0) is 18.8. The molecular formula is C19H25N5O3. The zero-order valence-electron chi connectivity index (χ0n) is 15.8. The smallest absolute Gasteiger partial charge is 0.256 e. The average molecular weight is 371 g/mol. The van der Waals surface area contributed by atoms with Crippen molar-refractivity contribution in [3.05, 3.63) is 35.7 Å². The van der Waals surface area contributed by atoms with E-state index in [1.807, 2.05) is 36.0 Å². The number of rotatable bonds is 4. The second-order valence-corrected chi connectivity index (χ2v) is 7.29. The van der Waals surface area contributed by atoms with E-state index in [9.17, 15) is 4.79 Å². The van der Waals surface area contributed by atoms with Crippen LogP contribution in [0.2, 0.25) is 0 Å². The van der Waals surface area contributed by atoms with Gasteiger partial charge in [0.1, 0.15) is 18.0 Å². The number of anilines is 1. The summed E-state index contributed by atoms with van der Waals surface area (Å²) in [6.45, 7) is 1.41. The van der Waals surface area contributed by atoms with Crippen molar-refractivity contribution in [2.24, 2.45) is 0 Å². The van der Waals surface area contributed by atoms with E-state index >= 15 is 0 Å². The standard InChI is InChI=1S/C19H25N5O3/c1-23(2)16-9-8-13(12-20-16)19(25)24-10-4-3-6-14(24)17-21-22-18(27-17)15-7-5-11-26-15/h8-9,12,14-15H,3-7,10-11H2,1-2H3/t14-,15-/m1/s1. The Morgan fingerprint density at radius 1 is 1.15 bits per heavy atom. The van der Waals surface area contributed by atoms with Gasteiger partial charge in [-0.15, -0.1) is 10.2 Å². The van der Waals surface area contributed by atoms with Crippen LogP contribution in [0, 0.1) is 0 Å². The predicted molar refractivity (Wildman–Crippen MR) is 98.4 cm³/mol. The topological polar surface area (TPSA) is 84.6 Å². The molecule has 0 radical (unpaired) electrons. The highest BCUT2D eigenvalue weighted by Crippen LogP contribution is 2.34. The Balaban J connectivity index is 1.54. The summed E-state index contributed by atoms with van der Waals surface area (Å²) in [5.74, 6) is 1.80. The fourth-order valence-electron chi connectivity index (χ4n) is 3.66. The van der Waals surface area contributed by atoms with Gasteiger partial charge in [0.2, 0.25) is 11.8 Å². The van der Waals surface area contributed by atoms with E-state index in [-0.39, 0.29) is 18.1 Å².